The van der Waals surface area contributed by atoms with Gasteiger partial charge >= 0.3 is 5.97 Å². The van der Waals surface area contributed by atoms with Crippen molar-refractivity contribution in [3.05, 3.63) is 0 Å². The number of esters is 1. The summed E-state index contributed by atoms with van der Waals surface area (Å²) >= 11 is 0. The van der Waals surface area contributed by atoms with Crippen LogP contribution in [0.5, 0.6) is 0 Å². The number of carbonyl (C=O) groups is 2. The van der Waals surface area contributed by atoms with Crippen LogP contribution in [0.25, 0.3) is 0 Å². The van der Waals surface area contributed by atoms with Gasteiger partial charge in [-0.2, -0.15) is 0 Å². The minimum absolute atomic E-state index is 0.0175. The Kier molecular flexibility index (Phi) is 53.5. The van der Waals surface area contributed by atoms with Crippen molar-refractivity contribution in [1.29, 1.82) is 0 Å². The van der Waals surface area contributed by atoms with Crippen LogP contribution in [0, 0.1) is 0 Å². The molecule has 382 valence electrons. The van der Waals surface area contributed by atoms with Gasteiger partial charge in [-0.05, 0) is 25.7 Å². The quantitative estimate of drug-likeness (QED) is 0.0417. The predicted molar refractivity (Wildman–Crippen MR) is 278 cm³/mol. The Hall–Kier alpha value is -1.14. The molecule has 1 amide bonds. The number of nitrogens with one attached hydrogen (secondary N) is 1. The summed E-state index contributed by atoms with van der Waals surface area (Å²) in [6.07, 6.45) is 62.6. The van der Waals surface area contributed by atoms with E-state index in [-0.39, 0.29) is 18.5 Å². The average molecular weight is 907 g/mol. The topological polar surface area (TPSA) is 95.9 Å². The van der Waals surface area contributed by atoms with Gasteiger partial charge in [0.1, 0.15) is 0 Å². The van der Waals surface area contributed by atoms with Crippen LogP contribution in [0.4, 0.5) is 0 Å². The van der Waals surface area contributed by atoms with Crippen LogP contribution in [0.15, 0.2) is 0 Å². The minimum atomic E-state index is -0.659. The zero-order valence-electron chi connectivity index (χ0n) is 43.5. The highest BCUT2D eigenvalue weighted by atomic mass is 16.5. The van der Waals surface area contributed by atoms with Crippen molar-refractivity contribution in [2.75, 3.05) is 13.2 Å². The number of hydrogen-bond acceptors (Lipinski definition) is 5. The average Bonchev–Trinajstić information content (AvgIpc) is 3.29. The summed E-state index contributed by atoms with van der Waals surface area (Å²) in [4.78, 5) is 24.4. The van der Waals surface area contributed by atoms with Crippen molar-refractivity contribution >= 4 is 11.9 Å². The summed E-state index contributed by atoms with van der Waals surface area (Å²) in [6.45, 7) is 4.96. The van der Waals surface area contributed by atoms with E-state index in [0.29, 0.717) is 25.9 Å². The van der Waals surface area contributed by atoms with Crippen molar-refractivity contribution in [1.82, 2.24) is 5.32 Å². The molecule has 64 heavy (non-hydrogen) atoms. The second-order valence-electron chi connectivity index (χ2n) is 20.3. The molecule has 0 aromatic carbocycles. The largest absolute Gasteiger partial charge is 0.466 e. The zero-order valence-corrected chi connectivity index (χ0v) is 43.5. The maximum atomic E-state index is 12.4. The van der Waals surface area contributed by atoms with Crippen molar-refractivity contribution in [3.8, 4) is 0 Å². The molecule has 3 N–H and O–H groups in total. The van der Waals surface area contributed by atoms with Crippen LogP contribution in [-0.2, 0) is 14.3 Å². The van der Waals surface area contributed by atoms with Gasteiger partial charge in [0.05, 0.1) is 25.4 Å². The Labute approximate surface area is 400 Å². The lowest BCUT2D eigenvalue weighted by molar-refractivity contribution is -0.143. The third-order valence-electron chi connectivity index (χ3n) is 13.9. The number of amides is 1. The Bertz CT molecular complexity index is 913. The van der Waals surface area contributed by atoms with E-state index in [0.717, 1.165) is 38.5 Å². The second kappa shape index (κ2) is 54.5. The number of carbonyl (C=O) groups excluding carboxylic acids is 2. The molecule has 0 saturated carbocycles. The Morgan fingerprint density at radius 2 is 0.641 bits per heavy atom. The Balaban J connectivity index is 3.31. The summed E-state index contributed by atoms with van der Waals surface area (Å²) in [5.74, 6) is -0.0152. The SMILES string of the molecule is CCCCCCCCCCCCCC(=O)OCCCCCCCCCCCCCCCCCCCCCCCCCCCCC(=O)NC(CO)C(O)CCCCCCCCCCCC. The molecule has 0 aromatic rings. The summed E-state index contributed by atoms with van der Waals surface area (Å²) < 4.78 is 5.47. The lowest BCUT2D eigenvalue weighted by atomic mass is 10.0. The molecule has 0 rings (SSSR count). The smallest absolute Gasteiger partial charge is 0.305 e. The maximum Gasteiger partial charge on any atom is 0.305 e. The molecular weight excluding hydrogens is 791 g/mol. The predicted octanol–water partition coefficient (Wildman–Crippen LogP) is 17.9. The number of rotatable bonds is 55. The monoisotopic (exact) mass is 906 g/mol. The molecule has 6 nitrogen and oxygen atoms in total. The second-order valence-corrected chi connectivity index (χ2v) is 20.3. The number of aliphatic hydroxyl groups excluding tert-OH is 2. The molecule has 2 atom stereocenters. The van der Waals surface area contributed by atoms with Gasteiger partial charge < -0.3 is 20.3 Å². The molecule has 0 aliphatic rings. The molecule has 0 spiro atoms. The summed E-state index contributed by atoms with van der Waals surface area (Å²) in [7, 11) is 0. The van der Waals surface area contributed by atoms with Crippen LogP contribution >= 0.6 is 0 Å². The fraction of sp³-hybridized carbons (Fsp3) is 0.966. The number of ether oxygens (including phenoxy) is 1. The van der Waals surface area contributed by atoms with Gasteiger partial charge in [0.15, 0.2) is 0 Å². The van der Waals surface area contributed by atoms with Crippen molar-refractivity contribution in [3.63, 3.8) is 0 Å². The van der Waals surface area contributed by atoms with Crippen LogP contribution in [0.1, 0.15) is 335 Å². The Morgan fingerprint density at radius 1 is 0.375 bits per heavy atom. The van der Waals surface area contributed by atoms with Gasteiger partial charge in [-0.25, -0.2) is 0 Å². The summed E-state index contributed by atoms with van der Waals surface area (Å²) in [6, 6.07) is -0.536. The van der Waals surface area contributed by atoms with E-state index in [1.54, 1.807) is 0 Å². The third-order valence-corrected chi connectivity index (χ3v) is 13.9. The van der Waals surface area contributed by atoms with E-state index >= 15 is 0 Å². The first-order chi connectivity index (χ1) is 31.5. The minimum Gasteiger partial charge on any atom is -0.466 e. The molecule has 0 fully saturated rings. The highest BCUT2D eigenvalue weighted by Gasteiger charge is 2.20. The first kappa shape index (κ1) is 62.9. The number of aliphatic hydroxyl groups is 2. The molecule has 0 aliphatic heterocycles. The highest BCUT2D eigenvalue weighted by Crippen LogP contribution is 2.18. The fourth-order valence-corrected chi connectivity index (χ4v) is 9.41. The standard InChI is InChI=1S/C58H115NO5/c1-3-5-7-9-11-13-31-36-40-44-48-52-58(63)64-53-49-45-41-37-33-30-28-26-24-22-20-18-16-15-17-19-21-23-25-27-29-32-35-39-43-47-51-57(62)59-55(54-60)56(61)50-46-42-38-34-14-12-10-8-6-4-2/h55-56,60-61H,3-54H2,1-2H3,(H,59,62). The van der Waals surface area contributed by atoms with Gasteiger partial charge in [-0.1, -0.05) is 296 Å². The molecular formula is C58H115NO5. The van der Waals surface area contributed by atoms with E-state index in [4.69, 9.17) is 4.74 Å². The zero-order chi connectivity index (χ0) is 46.5. The van der Waals surface area contributed by atoms with E-state index in [9.17, 15) is 19.8 Å². The normalized spacial score (nSPS) is 12.5. The van der Waals surface area contributed by atoms with Gasteiger partial charge in [0.25, 0.3) is 0 Å². The van der Waals surface area contributed by atoms with Crippen LogP contribution in [-0.4, -0.2) is 47.4 Å². The van der Waals surface area contributed by atoms with E-state index in [1.807, 2.05) is 0 Å². The van der Waals surface area contributed by atoms with Gasteiger partial charge in [0.2, 0.25) is 5.91 Å². The molecule has 0 aliphatic carbocycles. The van der Waals surface area contributed by atoms with Gasteiger partial charge in [-0.3, -0.25) is 9.59 Å². The molecule has 0 heterocycles. The number of unbranched alkanes of at least 4 members (excludes halogenated alkanes) is 44. The van der Waals surface area contributed by atoms with Crippen molar-refractivity contribution in [2.45, 2.75) is 347 Å². The van der Waals surface area contributed by atoms with Crippen LogP contribution in [0.2, 0.25) is 0 Å². The molecule has 0 aromatic heterocycles. The van der Waals surface area contributed by atoms with E-state index in [2.05, 4.69) is 19.2 Å². The molecule has 0 saturated heterocycles. The third kappa shape index (κ3) is 50.3. The van der Waals surface area contributed by atoms with E-state index in [1.165, 1.54) is 263 Å². The lowest BCUT2D eigenvalue weighted by Crippen LogP contribution is -2.45. The fourth-order valence-electron chi connectivity index (χ4n) is 9.41. The van der Waals surface area contributed by atoms with Crippen LogP contribution < -0.4 is 5.32 Å². The molecule has 0 bridgehead atoms. The van der Waals surface area contributed by atoms with Crippen LogP contribution in [0.3, 0.4) is 0 Å². The maximum absolute atomic E-state index is 12.4. The first-order valence-corrected chi connectivity index (χ1v) is 29.3. The molecule has 2 unspecified atom stereocenters. The summed E-state index contributed by atoms with van der Waals surface area (Å²) in [5.41, 5.74) is 0. The van der Waals surface area contributed by atoms with Gasteiger partial charge in [-0.15, -0.1) is 0 Å². The van der Waals surface area contributed by atoms with Crippen molar-refractivity contribution < 1.29 is 24.5 Å². The van der Waals surface area contributed by atoms with Crippen molar-refractivity contribution in [2.24, 2.45) is 0 Å². The lowest BCUT2D eigenvalue weighted by Gasteiger charge is -2.22. The molecule has 0 radical (unpaired) electrons. The Morgan fingerprint density at radius 3 is 0.953 bits per heavy atom. The summed E-state index contributed by atoms with van der Waals surface area (Å²) in [5, 5.41) is 23.1. The molecule has 6 heteroatoms. The first-order valence-electron chi connectivity index (χ1n) is 29.3. The highest BCUT2D eigenvalue weighted by molar-refractivity contribution is 5.76. The van der Waals surface area contributed by atoms with E-state index < -0.39 is 12.1 Å². The number of hydrogen-bond donors (Lipinski definition) is 3. The van der Waals surface area contributed by atoms with Gasteiger partial charge in [0, 0.05) is 12.8 Å².